The Bertz CT molecular complexity index is 1110. The Morgan fingerprint density at radius 2 is 1.78 bits per heavy atom. The minimum absolute atomic E-state index is 0.0530. The van der Waals surface area contributed by atoms with Crippen molar-refractivity contribution >= 4 is 54.1 Å². The maximum absolute atomic E-state index is 13.0. The summed E-state index contributed by atoms with van der Waals surface area (Å²) in [6.45, 7) is 1.37. The van der Waals surface area contributed by atoms with E-state index in [2.05, 4.69) is 15.9 Å². The van der Waals surface area contributed by atoms with Crippen LogP contribution in [0, 0.1) is 0 Å². The van der Waals surface area contributed by atoms with Gasteiger partial charge in [0.1, 0.15) is 4.21 Å². The monoisotopic (exact) mass is 467 g/mol. The minimum Gasteiger partial charge on any atom is -0.350 e. The van der Waals surface area contributed by atoms with E-state index < -0.39 is 10.0 Å². The van der Waals surface area contributed by atoms with Gasteiger partial charge < -0.3 is 9.47 Å². The number of piperazine rings is 1. The first-order valence-corrected chi connectivity index (χ1v) is 11.5. The van der Waals surface area contributed by atoms with Crippen molar-refractivity contribution in [3.8, 4) is 0 Å². The third kappa shape index (κ3) is 3.33. The van der Waals surface area contributed by atoms with Gasteiger partial charge in [0.15, 0.2) is 0 Å². The van der Waals surface area contributed by atoms with E-state index in [4.69, 9.17) is 0 Å². The molecule has 0 unspecified atom stereocenters. The molecule has 3 aromatic rings. The maximum atomic E-state index is 13.0. The number of fused-ring (bicyclic) bond motifs is 1. The van der Waals surface area contributed by atoms with Crippen LogP contribution in [0.4, 0.5) is 0 Å². The van der Waals surface area contributed by atoms with Crippen molar-refractivity contribution in [1.29, 1.82) is 0 Å². The Morgan fingerprint density at radius 1 is 1.07 bits per heavy atom. The van der Waals surface area contributed by atoms with Gasteiger partial charge in [0.25, 0.3) is 15.9 Å². The van der Waals surface area contributed by atoms with Gasteiger partial charge in [0.05, 0.1) is 9.35 Å². The fourth-order valence-electron chi connectivity index (χ4n) is 3.38. The predicted molar refractivity (Wildman–Crippen MR) is 110 cm³/mol. The summed E-state index contributed by atoms with van der Waals surface area (Å²) in [7, 11) is -1.59. The van der Waals surface area contributed by atoms with Gasteiger partial charge in [0, 0.05) is 50.3 Å². The van der Waals surface area contributed by atoms with E-state index in [0.29, 0.717) is 36.0 Å². The number of carbonyl (C=O) groups is 1. The molecule has 2 aromatic heterocycles. The zero-order chi connectivity index (χ0) is 19.2. The number of aromatic nitrogens is 1. The van der Waals surface area contributed by atoms with Crippen molar-refractivity contribution in [1.82, 2.24) is 13.8 Å². The number of aryl methyl sites for hydroxylation is 1. The summed E-state index contributed by atoms with van der Waals surface area (Å²) in [5.74, 6) is -0.0530. The topological polar surface area (TPSA) is 62.6 Å². The molecule has 0 saturated carbocycles. The van der Waals surface area contributed by atoms with Crippen molar-refractivity contribution < 1.29 is 13.2 Å². The molecule has 0 aliphatic carbocycles. The zero-order valence-electron chi connectivity index (χ0n) is 14.6. The zero-order valence-corrected chi connectivity index (χ0v) is 17.8. The molecule has 3 heterocycles. The quantitative estimate of drug-likeness (QED) is 0.594. The number of amides is 1. The van der Waals surface area contributed by atoms with Crippen LogP contribution >= 0.6 is 27.3 Å². The molecule has 4 rings (SSSR count). The highest BCUT2D eigenvalue weighted by Crippen LogP contribution is 2.29. The van der Waals surface area contributed by atoms with Crippen molar-refractivity contribution in [3.05, 3.63) is 51.9 Å². The van der Waals surface area contributed by atoms with E-state index in [1.54, 1.807) is 17.0 Å². The summed E-state index contributed by atoms with van der Waals surface area (Å²) in [5, 5.41) is 0.920. The molecule has 0 bridgehead atoms. The first-order chi connectivity index (χ1) is 12.9. The molecule has 0 atom stereocenters. The van der Waals surface area contributed by atoms with Crippen molar-refractivity contribution in [2.24, 2.45) is 7.05 Å². The molecule has 0 spiro atoms. The van der Waals surface area contributed by atoms with E-state index >= 15 is 0 Å². The van der Waals surface area contributed by atoms with E-state index in [1.807, 2.05) is 42.1 Å². The highest BCUT2D eigenvalue weighted by Gasteiger charge is 2.32. The molecular weight excluding hydrogens is 450 g/mol. The van der Waals surface area contributed by atoms with Crippen LogP contribution < -0.4 is 0 Å². The molecule has 1 aromatic carbocycles. The molecule has 0 N–H and O–H groups in total. The third-order valence-corrected chi connectivity index (χ3v) is 8.79. The standard InChI is InChI=1S/C18H18BrN3O3S2/c1-20-12-14(13-4-2-3-5-15(13)20)18(23)21-8-10-22(11-9-21)27(24,25)17-7-6-16(19)26-17/h2-7,12H,8-11H2,1H3. The normalized spacial score (nSPS) is 16.1. The van der Waals surface area contributed by atoms with Crippen LogP contribution in [0.3, 0.4) is 0 Å². The summed E-state index contributed by atoms with van der Waals surface area (Å²) in [6.07, 6.45) is 1.85. The lowest BCUT2D eigenvalue weighted by atomic mass is 10.1. The van der Waals surface area contributed by atoms with Gasteiger partial charge in [-0.2, -0.15) is 4.31 Å². The first kappa shape index (κ1) is 18.7. The van der Waals surface area contributed by atoms with Gasteiger partial charge >= 0.3 is 0 Å². The molecule has 1 aliphatic heterocycles. The van der Waals surface area contributed by atoms with Crippen LogP contribution in [0.25, 0.3) is 10.9 Å². The molecule has 142 valence electrons. The Morgan fingerprint density at radius 3 is 2.44 bits per heavy atom. The lowest BCUT2D eigenvalue weighted by Gasteiger charge is -2.33. The molecule has 1 fully saturated rings. The molecule has 9 heteroatoms. The number of sulfonamides is 1. The van der Waals surface area contributed by atoms with Crippen LogP contribution in [-0.2, 0) is 17.1 Å². The largest absolute Gasteiger partial charge is 0.350 e. The van der Waals surface area contributed by atoms with E-state index in [1.165, 1.54) is 15.6 Å². The van der Waals surface area contributed by atoms with Crippen molar-refractivity contribution in [3.63, 3.8) is 0 Å². The number of nitrogens with zero attached hydrogens (tertiary/aromatic N) is 3. The predicted octanol–water partition coefficient (Wildman–Crippen LogP) is 3.15. The fourth-order valence-corrected chi connectivity index (χ4v) is 6.96. The number of carbonyl (C=O) groups excluding carboxylic acids is 1. The number of hydrogen-bond donors (Lipinski definition) is 0. The number of hydrogen-bond acceptors (Lipinski definition) is 4. The number of thiophene rings is 1. The average Bonchev–Trinajstić information content (AvgIpc) is 3.26. The van der Waals surface area contributed by atoms with Gasteiger partial charge in [-0.15, -0.1) is 11.3 Å². The molecular formula is C18H18BrN3O3S2. The summed E-state index contributed by atoms with van der Waals surface area (Å²) < 4.78 is 30.0. The van der Waals surface area contributed by atoms with Gasteiger partial charge in [0.2, 0.25) is 0 Å². The lowest BCUT2D eigenvalue weighted by Crippen LogP contribution is -2.50. The number of para-hydroxylation sites is 1. The van der Waals surface area contributed by atoms with Crippen molar-refractivity contribution in [2.75, 3.05) is 26.2 Å². The fraction of sp³-hybridized carbons (Fsp3) is 0.278. The lowest BCUT2D eigenvalue weighted by molar-refractivity contribution is 0.0700. The Hall–Kier alpha value is -1.68. The Kier molecular flexibility index (Phi) is 4.87. The third-order valence-electron chi connectivity index (χ3n) is 4.80. The molecule has 6 nitrogen and oxygen atoms in total. The van der Waals surface area contributed by atoms with E-state index in [9.17, 15) is 13.2 Å². The molecule has 1 aliphatic rings. The van der Waals surface area contributed by atoms with Crippen molar-refractivity contribution in [2.45, 2.75) is 4.21 Å². The first-order valence-electron chi connectivity index (χ1n) is 8.47. The number of benzene rings is 1. The van der Waals surface area contributed by atoms with Crippen LogP contribution in [0.1, 0.15) is 10.4 Å². The smallest absolute Gasteiger partial charge is 0.256 e. The van der Waals surface area contributed by atoms with Crippen LogP contribution in [0.2, 0.25) is 0 Å². The van der Waals surface area contributed by atoms with E-state index in [-0.39, 0.29) is 5.91 Å². The van der Waals surface area contributed by atoms with E-state index in [0.717, 1.165) is 14.7 Å². The average molecular weight is 468 g/mol. The Balaban J connectivity index is 1.51. The minimum atomic E-state index is -3.51. The second-order valence-corrected chi connectivity index (χ2v) is 11.1. The highest BCUT2D eigenvalue weighted by molar-refractivity contribution is 9.11. The second-order valence-electron chi connectivity index (χ2n) is 6.43. The Labute approximate surface area is 170 Å². The summed E-state index contributed by atoms with van der Waals surface area (Å²) in [5.41, 5.74) is 1.66. The van der Waals surface area contributed by atoms with Crippen LogP contribution in [-0.4, -0.2) is 54.3 Å². The summed E-state index contributed by atoms with van der Waals surface area (Å²) in [6, 6.07) is 11.1. The summed E-state index contributed by atoms with van der Waals surface area (Å²) >= 11 is 4.51. The highest BCUT2D eigenvalue weighted by atomic mass is 79.9. The number of halogens is 1. The molecule has 0 radical (unpaired) electrons. The van der Waals surface area contributed by atoms with Gasteiger partial charge in [-0.3, -0.25) is 4.79 Å². The summed E-state index contributed by atoms with van der Waals surface area (Å²) in [4.78, 5) is 14.7. The van der Waals surface area contributed by atoms with Gasteiger partial charge in [-0.1, -0.05) is 18.2 Å². The molecule has 1 saturated heterocycles. The SMILES string of the molecule is Cn1cc(C(=O)N2CCN(S(=O)(=O)c3ccc(Br)s3)CC2)c2ccccc21. The molecule has 1 amide bonds. The molecule has 27 heavy (non-hydrogen) atoms. The van der Waals surface area contributed by atoms with Crippen LogP contribution in [0.5, 0.6) is 0 Å². The maximum Gasteiger partial charge on any atom is 0.256 e. The van der Waals surface area contributed by atoms with Crippen LogP contribution in [0.15, 0.2) is 50.6 Å². The van der Waals surface area contributed by atoms with Gasteiger partial charge in [-0.25, -0.2) is 8.42 Å². The second kappa shape index (κ2) is 7.05. The number of rotatable bonds is 3. The van der Waals surface area contributed by atoms with Gasteiger partial charge in [-0.05, 0) is 34.1 Å².